The second-order valence-electron chi connectivity index (χ2n) is 9.74. The lowest BCUT2D eigenvalue weighted by atomic mass is 9.97. The molecule has 2 N–H and O–H groups in total. The predicted octanol–water partition coefficient (Wildman–Crippen LogP) is 5.17. The van der Waals surface area contributed by atoms with Gasteiger partial charge in [0.2, 0.25) is 0 Å². The van der Waals surface area contributed by atoms with Crippen LogP contribution in [0.4, 0.5) is 5.69 Å². The SMILES string of the molecule is CCCNC(=O)c1ccc([C@](C)(O)CN2CCN(c3ccc(C#N)cc3Cl)[C@H](c3ccc(Cl)cc3)C2)nc1. The van der Waals surface area contributed by atoms with Crippen molar-refractivity contribution < 1.29 is 9.90 Å². The molecule has 0 bridgehead atoms. The van der Waals surface area contributed by atoms with Gasteiger partial charge in [-0.1, -0.05) is 42.3 Å². The van der Waals surface area contributed by atoms with Gasteiger partial charge in [-0.15, -0.1) is 0 Å². The van der Waals surface area contributed by atoms with E-state index in [1.54, 1.807) is 31.2 Å². The average Bonchev–Trinajstić information content (AvgIpc) is 2.92. The van der Waals surface area contributed by atoms with Crippen LogP contribution in [-0.4, -0.2) is 53.6 Å². The van der Waals surface area contributed by atoms with Gasteiger partial charge in [-0.3, -0.25) is 14.7 Å². The maximum absolute atomic E-state index is 12.2. The minimum atomic E-state index is -1.22. The summed E-state index contributed by atoms with van der Waals surface area (Å²) in [5, 5.41) is 24.7. The maximum atomic E-state index is 12.2. The van der Waals surface area contributed by atoms with Gasteiger partial charge in [0.1, 0.15) is 5.60 Å². The van der Waals surface area contributed by atoms with Crippen LogP contribution in [0.3, 0.4) is 0 Å². The van der Waals surface area contributed by atoms with Crippen LogP contribution >= 0.6 is 23.2 Å². The van der Waals surface area contributed by atoms with E-state index in [1.165, 1.54) is 6.20 Å². The highest BCUT2D eigenvalue weighted by molar-refractivity contribution is 6.33. The lowest BCUT2D eigenvalue weighted by molar-refractivity contribution is 0.00674. The Morgan fingerprint density at radius 3 is 2.58 bits per heavy atom. The molecule has 2 heterocycles. The highest BCUT2D eigenvalue weighted by Gasteiger charge is 2.34. The fourth-order valence-electron chi connectivity index (χ4n) is 4.75. The number of aliphatic hydroxyl groups is 1. The van der Waals surface area contributed by atoms with Crippen molar-refractivity contribution in [3.05, 3.63) is 93.2 Å². The molecular formula is C29H31Cl2N5O2. The number of rotatable bonds is 8. The molecule has 0 unspecified atom stereocenters. The molecule has 0 spiro atoms. The zero-order chi connectivity index (χ0) is 27.3. The molecule has 38 heavy (non-hydrogen) atoms. The van der Waals surface area contributed by atoms with Gasteiger partial charge in [0.25, 0.3) is 5.91 Å². The second kappa shape index (κ2) is 12.1. The number of benzene rings is 2. The topological polar surface area (TPSA) is 92.5 Å². The largest absolute Gasteiger partial charge is 0.382 e. The molecule has 0 radical (unpaired) electrons. The molecule has 1 fully saturated rings. The van der Waals surface area contributed by atoms with Gasteiger partial charge in [0.05, 0.1) is 39.6 Å². The average molecular weight is 553 g/mol. The number of anilines is 1. The third-order valence-electron chi connectivity index (χ3n) is 6.75. The fourth-order valence-corrected chi connectivity index (χ4v) is 5.17. The molecular weight excluding hydrogens is 521 g/mol. The van der Waals surface area contributed by atoms with Crippen LogP contribution in [0.15, 0.2) is 60.8 Å². The third kappa shape index (κ3) is 6.46. The Morgan fingerprint density at radius 2 is 1.95 bits per heavy atom. The zero-order valence-electron chi connectivity index (χ0n) is 21.5. The number of carbonyl (C=O) groups excluding carboxylic acids is 1. The second-order valence-corrected chi connectivity index (χ2v) is 10.6. The van der Waals surface area contributed by atoms with Crippen molar-refractivity contribution in [1.29, 1.82) is 5.26 Å². The van der Waals surface area contributed by atoms with Crippen molar-refractivity contribution in [2.75, 3.05) is 37.6 Å². The first-order valence-corrected chi connectivity index (χ1v) is 13.4. The van der Waals surface area contributed by atoms with Gasteiger partial charge in [-0.2, -0.15) is 5.26 Å². The quantitative estimate of drug-likeness (QED) is 0.401. The van der Waals surface area contributed by atoms with Crippen molar-refractivity contribution in [3.63, 3.8) is 0 Å². The van der Waals surface area contributed by atoms with Gasteiger partial charge in [-0.25, -0.2) is 0 Å². The first-order valence-electron chi connectivity index (χ1n) is 12.6. The van der Waals surface area contributed by atoms with Gasteiger partial charge in [0.15, 0.2) is 0 Å². The summed E-state index contributed by atoms with van der Waals surface area (Å²) < 4.78 is 0. The maximum Gasteiger partial charge on any atom is 0.252 e. The molecule has 1 saturated heterocycles. The number of aromatic nitrogens is 1. The van der Waals surface area contributed by atoms with Gasteiger partial charge in [-0.05, 0) is 61.4 Å². The van der Waals surface area contributed by atoms with Crippen molar-refractivity contribution in [2.45, 2.75) is 31.9 Å². The van der Waals surface area contributed by atoms with Crippen molar-refractivity contribution in [3.8, 4) is 6.07 Å². The van der Waals surface area contributed by atoms with Crippen LogP contribution in [0, 0.1) is 11.3 Å². The molecule has 3 aromatic rings. The standard InChI is InChI=1S/C29H31Cl2N5O2/c1-3-12-33-28(37)22-7-11-27(34-17-22)29(2,38)19-35-13-14-36(25-10-4-20(16-32)15-24(25)31)26(18-35)21-5-8-23(30)9-6-21/h4-11,15,17,26,38H,3,12-14,18-19H2,1-2H3,(H,33,37)/t26-,29+/m0/s1. The van der Waals surface area contributed by atoms with Crippen LogP contribution in [0.5, 0.6) is 0 Å². The van der Waals surface area contributed by atoms with E-state index in [4.69, 9.17) is 23.2 Å². The molecule has 0 saturated carbocycles. The van der Waals surface area contributed by atoms with E-state index in [9.17, 15) is 15.2 Å². The molecule has 1 aliphatic heterocycles. The van der Waals surface area contributed by atoms with E-state index in [1.807, 2.05) is 37.3 Å². The predicted molar refractivity (Wildman–Crippen MR) is 151 cm³/mol. The van der Waals surface area contributed by atoms with E-state index in [2.05, 4.69) is 26.2 Å². The lowest BCUT2D eigenvalue weighted by Crippen LogP contribution is -2.52. The van der Waals surface area contributed by atoms with Crippen LogP contribution in [0.25, 0.3) is 0 Å². The summed E-state index contributed by atoms with van der Waals surface area (Å²) in [7, 11) is 0. The fraction of sp³-hybridized carbons (Fsp3) is 0.345. The Kier molecular flexibility index (Phi) is 8.91. The Labute approximate surface area is 233 Å². The van der Waals surface area contributed by atoms with Crippen LogP contribution in [-0.2, 0) is 5.60 Å². The normalized spacial score (nSPS) is 17.5. The number of carbonyl (C=O) groups is 1. The number of amides is 1. The number of nitriles is 1. The number of nitrogens with zero attached hydrogens (tertiary/aromatic N) is 4. The first kappa shape index (κ1) is 27.9. The molecule has 7 nitrogen and oxygen atoms in total. The van der Waals surface area contributed by atoms with Crippen LogP contribution in [0.2, 0.25) is 10.0 Å². The number of hydrogen-bond donors (Lipinski definition) is 2. The minimum absolute atomic E-state index is 0.0557. The zero-order valence-corrected chi connectivity index (χ0v) is 23.0. The number of β-amino-alcohol motifs (C(OH)–C–C–N with tert-alkyl or cyclic N) is 1. The number of piperazine rings is 1. The Bertz CT molecular complexity index is 1310. The number of pyridine rings is 1. The number of nitrogens with one attached hydrogen (secondary N) is 1. The van der Waals surface area contributed by atoms with Gasteiger partial charge in [0, 0.05) is 43.9 Å². The monoisotopic (exact) mass is 551 g/mol. The first-order chi connectivity index (χ1) is 18.2. The number of hydrogen-bond acceptors (Lipinski definition) is 6. The van der Waals surface area contributed by atoms with E-state index in [0.717, 1.165) is 17.7 Å². The highest BCUT2D eigenvalue weighted by atomic mass is 35.5. The van der Waals surface area contributed by atoms with Crippen molar-refractivity contribution >= 4 is 34.8 Å². The van der Waals surface area contributed by atoms with E-state index < -0.39 is 5.60 Å². The number of halogens is 2. The van der Waals surface area contributed by atoms with Crippen molar-refractivity contribution in [1.82, 2.24) is 15.2 Å². The van der Waals surface area contributed by atoms with Gasteiger partial charge >= 0.3 is 0 Å². The Morgan fingerprint density at radius 1 is 1.18 bits per heavy atom. The lowest BCUT2D eigenvalue weighted by Gasteiger charge is -2.45. The van der Waals surface area contributed by atoms with Crippen molar-refractivity contribution in [2.24, 2.45) is 0 Å². The molecule has 2 atom stereocenters. The molecule has 1 aliphatic rings. The van der Waals surface area contributed by atoms with Crippen LogP contribution in [0.1, 0.15) is 53.5 Å². The van der Waals surface area contributed by atoms with E-state index >= 15 is 0 Å². The molecule has 9 heteroatoms. The summed E-state index contributed by atoms with van der Waals surface area (Å²) in [4.78, 5) is 21.1. The molecule has 2 aromatic carbocycles. The summed E-state index contributed by atoms with van der Waals surface area (Å²) in [6, 6.07) is 18.6. The van der Waals surface area contributed by atoms with Gasteiger partial charge < -0.3 is 15.3 Å². The highest BCUT2D eigenvalue weighted by Crippen LogP contribution is 2.36. The summed E-state index contributed by atoms with van der Waals surface area (Å²) in [6.45, 7) is 6.69. The summed E-state index contributed by atoms with van der Waals surface area (Å²) in [5.41, 5.74) is 2.18. The molecule has 198 valence electrons. The summed E-state index contributed by atoms with van der Waals surface area (Å²) >= 11 is 12.8. The molecule has 1 aromatic heterocycles. The van der Waals surface area contributed by atoms with E-state index in [-0.39, 0.29) is 11.9 Å². The van der Waals surface area contributed by atoms with E-state index in [0.29, 0.717) is 59.6 Å². The third-order valence-corrected chi connectivity index (χ3v) is 7.30. The Hall–Kier alpha value is -3.15. The molecule has 0 aliphatic carbocycles. The summed E-state index contributed by atoms with van der Waals surface area (Å²) in [6.07, 6.45) is 2.36. The molecule has 1 amide bonds. The van der Waals surface area contributed by atoms with Crippen LogP contribution < -0.4 is 10.2 Å². The summed E-state index contributed by atoms with van der Waals surface area (Å²) in [5.74, 6) is -0.172. The Balaban J connectivity index is 1.54. The smallest absolute Gasteiger partial charge is 0.252 e. The minimum Gasteiger partial charge on any atom is -0.382 e. The molecule has 4 rings (SSSR count).